The van der Waals surface area contributed by atoms with Crippen LogP contribution in [0.1, 0.15) is 30.9 Å². The van der Waals surface area contributed by atoms with Crippen LogP contribution in [-0.4, -0.2) is 38.3 Å². The third-order valence-electron chi connectivity index (χ3n) is 3.59. The summed E-state index contributed by atoms with van der Waals surface area (Å²) in [5.41, 5.74) is 8.35. The molecule has 1 unspecified atom stereocenters. The van der Waals surface area contributed by atoms with E-state index < -0.39 is 0 Å². The van der Waals surface area contributed by atoms with Crippen molar-refractivity contribution in [1.29, 1.82) is 0 Å². The average molecular weight is 264 g/mol. The molecule has 108 valence electrons. The molecule has 0 saturated heterocycles. The number of hydrogen-bond acceptors (Lipinski definition) is 3. The molecule has 0 aliphatic carbocycles. The molecule has 1 atom stereocenters. The van der Waals surface area contributed by atoms with Crippen LogP contribution >= 0.6 is 0 Å². The van der Waals surface area contributed by atoms with E-state index in [9.17, 15) is 0 Å². The molecule has 0 heterocycles. The summed E-state index contributed by atoms with van der Waals surface area (Å²) in [5.74, 6) is 0. The molecule has 0 aromatic heterocycles. The second kappa shape index (κ2) is 9.08. The zero-order valence-corrected chi connectivity index (χ0v) is 12.6. The van der Waals surface area contributed by atoms with Crippen LogP contribution in [0, 0.1) is 0 Å². The number of likely N-dealkylation sites (N-methyl/N-ethyl adjacent to an activating group) is 1. The highest BCUT2D eigenvalue weighted by molar-refractivity contribution is 5.22. The topological polar surface area (TPSA) is 38.5 Å². The first-order chi connectivity index (χ1) is 9.21. The maximum atomic E-state index is 5.60. The van der Waals surface area contributed by atoms with E-state index in [-0.39, 0.29) is 0 Å². The van der Waals surface area contributed by atoms with Gasteiger partial charge in [0.2, 0.25) is 0 Å². The van der Waals surface area contributed by atoms with E-state index in [2.05, 4.69) is 43.1 Å². The first kappa shape index (κ1) is 16.2. The SMILES string of the molecule is CCc1ccc(CN(C)C(CCCN)COC)cc1. The van der Waals surface area contributed by atoms with Gasteiger partial charge < -0.3 is 10.5 Å². The standard InChI is InChI=1S/C16H28N2O/c1-4-14-7-9-15(10-8-14)12-18(2)16(13-19-3)6-5-11-17/h7-10,16H,4-6,11-13,17H2,1-3H3. The smallest absolute Gasteiger partial charge is 0.0618 e. The van der Waals surface area contributed by atoms with Gasteiger partial charge in [0.05, 0.1) is 6.61 Å². The van der Waals surface area contributed by atoms with Gasteiger partial charge in [-0.3, -0.25) is 4.90 Å². The van der Waals surface area contributed by atoms with Crippen LogP contribution in [-0.2, 0) is 17.7 Å². The van der Waals surface area contributed by atoms with E-state index in [4.69, 9.17) is 10.5 Å². The van der Waals surface area contributed by atoms with Crippen molar-refractivity contribution in [3.8, 4) is 0 Å². The molecule has 0 fully saturated rings. The Hall–Kier alpha value is -0.900. The summed E-state index contributed by atoms with van der Waals surface area (Å²) in [6.45, 7) is 4.66. The Balaban J connectivity index is 2.55. The van der Waals surface area contributed by atoms with Crippen LogP contribution in [0.4, 0.5) is 0 Å². The zero-order valence-electron chi connectivity index (χ0n) is 12.6. The average Bonchev–Trinajstić information content (AvgIpc) is 2.44. The minimum Gasteiger partial charge on any atom is -0.383 e. The van der Waals surface area contributed by atoms with Gasteiger partial charge in [-0.25, -0.2) is 0 Å². The molecule has 1 aromatic rings. The lowest BCUT2D eigenvalue weighted by Gasteiger charge is -2.27. The summed E-state index contributed by atoms with van der Waals surface area (Å²) in [5, 5.41) is 0. The molecule has 1 aromatic carbocycles. The van der Waals surface area contributed by atoms with E-state index in [1.54, 1.807) is 7.11 Å². The molecule has 0 radical (unpaired) electrons. The van der Waals surface area contributed by atoms with Crippen LogP contribution in [0.2, 0.25) is 0 Å². The number of nitrogens with zero attached hydrogens (tertiary/aromatic N) is 1. The van der Waals surface area contributed by atoms with Gasteiger partial charge in [-0.1, -0.05) is 31.2 Å². The van der Waals surface area contributed by atoms with Crippen molar-refractivity contribution in [3.05, 3.63) is 35.4 Å². The van der Waals surface area contributed by atoms with Gasteiger partial charge in [-0.15, -0.1) is 0 Å². The molecule has 0 amide bonds. The van der Waals surface area contributed by atoms with E-state index in [1.807, 2.05) is 0 Å². The van der Waals surface area contributed by atoms with Gasteiger partial charge in [-0.05, 0) is 44.0 Å². The summed E-state index contributed by atoms with van der Waals surface area (Å²) in [6, 6.07) is 9.33. The molecule has 1 rings (SSSR count). The van der Waals surface area contributed by atoms with E-state index in [1.165, 1.54) is 11.1 Å². The molecular weight excluding hydrogens is 236 g/mol. The van der Waals surface area contributed by atoms with E-state index in [0.29, 0.717) is 6.04 Å². The summed E-state index contributed by atoms with van der Waals surface area (Å²) >= 11 is 0. The highest BCUT2D eigenvalue weighted by atomic mass is 16.5. The molecule has 0 bridgehead atoms. The fourth-order valence-electron chi connectivity index (χ4n) is 2.27. The predicted octanol–water partition coefficient (Wildman–Crippen LogP) is 2.43. The summed E-state index contributed by atoms with van der Waals surface area (Å²) in [7, 11) is 3.92. The Bertz CT molecular complexity index is 337. The zero-order chi connectivity index (χ0) is 14.1. The lowest BCUT2D eigenvalue weighted by molar-refractivity contribution is 0.0962. The van der Waals surface area contributed by atoms with Crippen LogP contribution in [0.3, 0.4) is 0 Å². The van der Waals surface area contributed by atoms with Gasteiger partial charge >= 0.3 is 0 Å². The number of benzene rings is 1. The highest BCUT2D eigenvalue weighted by Crippen LogP contribution is 2.12. The van der Waals surface area contributed by atoms with Gasteiger partial charge in [0.1, 0.15) is 0 Å². The fourth-order valence-corrected chi connectivity index (χ4v) is 2.27. The van der Waals surface area contributed by atoms with Crippen molar-refractivity contribution >= 4 is 0 Å². The number of hydrogen-bond donors (Lipinski definition) is 1. The predicted molar refractivity (Wildman–Crippen MR) is 81.2 cm³/mol. The Morgan fingerprint density at radius 2 is 1.84 bits per heavy atom. The minimum atomic E-state index is 0.444. The second-order valence-corrected chi connectivity index (χ2v) is 5.13. The molecule has 19 heavy (non-hydrogen) atoms. The molecule has 0 spiro atoms. The third-order valence-corrected chi connectivity index (χ3v) is 3.59. The normalized spacial score (nSPS) is 12.9. The van der Waals surface area contributed by atoms with Crippen LogP contribution < -0.4 is 5.73 Å². The molecule has 0 saturated carbocycles. The lowest BCUT2D eigenvalue weighted by atomic mass is 10.1. The molecular formula is C16H28N2O. The molecule has 3 heteroatoms. The van der Waals surface area contributed by atoms with Crippen molar-refractivity contribution in [2.75, 3.05) is 27.3 Å². The third kappa shape index (κ3) is 5.72. The Kier molecular flexibility index (Phi) is 7.72. The van der Waals surface area contributed by atoms with Crippen molar-refractivity contribution < 1.29 is 4.74 Å². The van der Waals surface area contributed by atoms with Crippen LogP contribution in [0.5, 0.6) is 0 Å². The van der Waals surface area contributed by atoms with Crippen molar-refractivity contribution in [2.45, 2.75) is 38.8 Å². The number of ether oxygens (including phenoxy) is 1. The Labute approximate surface area is 117 Å². The number of nitrogens with two attached hydrogens (primary N) is 1. The van der Waals surface area contributed by atoms with E-state index in [0.717, 1.165) is 39.0 Å². The monoisotopic (exact) mass is 264 g/mol. The van der Waals surface area contributed by atoms with Gasteiger partial charge in [0, 0.05) is 19.7 Å². The van der Waals surface area contributed by atoms with Crippen LogP contribution in [0.25, 0.3) is 0 Å². The number of aryl methyl sites for hydroxylation is 1. The molecule has 3 nitrogen and oxygen atoms in total. The first-order valence-corrected chi connectivity index (χ1v) is 7.18. The quantitative estimate of drug-likeness (QED) is 0.744. The second-order valence-electron chi connectivity index (χ2n) is 5.13. The van der Waals surface area contributed by atoms with Crippen molar-refractivity contribution in [2.24, 2.45) is 5.73 Å². The number of methoxy groups -OCH3 is 1. The Morgan fingerprint density at radius 1 is 1.21 bits per heavy atom. The van der Waals surface area contributed by atoms with E-state index >= 15 is 0 Å². The molecule has 2 N–H and O–H groups in total. The Morgan fingerprint density at radius 3 is 2.37 bits per heavy atom. The minimum absolute atomic E-state index is 0.444. The van der Waals surface area contributed by atoms with Gasteiger partial charge in [0.15, 0.2) is 0 Å². The summed E-state index contributed by atoms with van der Waals surface area (Å²) in [6.07, 6.45) is 3.24. The van der Waals surface area contributed by atoms with Crippen molar-refractivity contribution in [3.63, 3.8) is 0 Å². The largest absolute Gasteiger partial charge is 0.383 e. The summed E-state index contributed by atoms with van der Waals surface area (Å²) < 4.78 is 5.31. The maximum Gasteiger partial charge on any atom is 0.0618 e. The molecule has 0 aliphatic rings. The highest BCUT2D eigenvalue weighted by Gasteiger charge is 2.14. The lowest BCUT2D eigenvalue weighted by Crippen LogP contribution is -2.35. The number of rotatable bonds is 9. The van der Waals surface area contributed by atoms with Gasteiger partial charge in [0.25, 0.3) is 0 Å². The maximum absolute atomic E-state index is 5.60. The van der Waals surface area contributed by atoms with Gasteiger partial charge in [-0.2, -0.15) is 0 Å². The van der Waals surface area contributed by atoms with Crippen LogP contribution in [0.15, 0.2) is 24.3 Å². The fraction of sp³-hybridized carbons (Fsp3) is 0.625. The van der Waals surface area contributed by atoms with Crippen molar-refractivity contribution in [1.82, 2.24) is 4.90 Å². The first-order valence-electron chi connectivity index (χ1n) is 7.18. The summed E-state index contributed by atoms with van der Waals surface area (Å²) in [4.78, 5) is 2.36. The molecule has 0 aliphatic heterocycles.